The first kappa shape index (κ1) is 21.1. The van der Waals surface area contributed by atoms with Gasteiger partial charge in [0.15, 0.2) is 11.3 Å². The quantitative estimate of drug-likeness (QED) is 0.636. The van der Waals surface area contributed by atoms with Crippen LogP contribution < -0.4 is 25.4 Å². The van der Waals surface area contributed by atoms with Crippen LogP contribution in [-0.4, -0.2) is 30.3 Å². The Bertz CT molecular complexity index is 1360. The molecule has 1 unspecified atom stereocenters. The van der Waals surface area contributed by atoms with Crippen molar-refractivity contribution in [2.45, 2.75) is 11.9 Å². The van der Waals surface area contributed by atoms with Gasteiger partial charge < -0.3 is 9.47 Å². The van der Waals surface area contributed by atoms with E-state index in [-0.39, 0.29) is 5.91 Å². The van der Waals surface area contributed by atoms with Crippen LogP contribution in [0.25, 0.3) is 5.70 Å². The molecule has 1 amide bonds. The highest BCUT2D eigenvalue weighted by atomic mass is 32.2. The average molecular weight is 459 g/mol. The normalized spacial score (nSPS) is 16.7. The molecule has 2 heterocycles. The van der Waals surface area contributed by atoms with Crippen LogP contribution in [-0.2, 0) is 10.5 Å². The molecule has 0 aromatic heterocycles. The third-order valence-electron chi connectivity index (χ3n) is 5.45. The molecule has 0 saturated heterocycles. The van der Waals surface area contributed by atoms with Gasteiger partial charge in [-0.2, -0.15) is 0 Å². The maximum Gasteiger partial charge on any atom is 0.276 e. The molecule has 8 heteroatoms. The molecule has 3 aromatic rings. The Morgan fingerprint density at radius 2 is 1.79 bits per heavy atom. The van der Waals surface area contributed by atoms with Crippen molar-refractivity contribution in [3.63, 3.8) is 0 Å². The lowest BCUT2D eigenvalue weighted by Gasteiger charge is -2.34. The minimum atomic E-state index is -0.585. The number of rotatable bonds is 5. The smallest absolute Gasteiger partial charge is 0.276 e. The van der Waals surface area contributed by atoms with E-state index in [4.69, 9.17) is 19.6 Å². The highest BCUT2D eigenvalue weighted by Gasteiger charge is 2.35. The molecule has 0 saturated carbocycles. The summed E-state index contributed by atoms with van der Waals surface area (Å²) < 4.78 is 11.1. The number of amides is 1. The number of carbonyl (C=O) groups is 1. The standard InChI is InChI=1S/C25H22N4O3S/c1-31-17-12-13-21(32-2)19(14-17)23-26-20-11-7-6-10-18(20)22-24(30)27-25(28-29(22)23)33-15-16-8-4-3-5-9-16/h3-14,23H,15H2,1-2H3,(H,27,28,30). The number of hydrazone groups is 1. The maximum absolute atomic E-state index is 13.3. The zero-order chi connectivity index (χ0) is 22.8. The third kappa shape index (κ3) is 4.05. The number of nitrogens with zero attached hydrogens (tertiary/aromatic N) is 3. The van der Waals surface area contributed by atoms with Crippen molar-refractivity contribution in [3.8, 4) is 11.5 Å². The molecule has 3 aromatic carbocycles. The van der Waals surface area contributed by atoms with Gasteiger partial charge in [-0.15, -0.1) is 5.10 Å². The van der Waals surface area contributed by atoms with Gasteiger partial charge in [0.2, 0.25) is 0 Å². The Hall–Kier alpha value is -3.78. The second kappa shape index (κ2) is 8.99. The van der Waals surface area contributed by atoms with Crippen molar-refractivity contribution in [1.29, 1.82) is 0 Å². The predicted molar refractivity (Wildman–Crippen MR) is 128 cm³/mol. The molecule has 2 aliphatic heterocycles. The zero-order valence-electron chi connectivity index (χ0n) is 18.2. The molecule has 33 heavy (non-hydrogen) atoms. The molecule has 1 N–H and O–H groups in total. The second-order valence-corrected chi connectivity index (χ2v) is 8.42. The molecule has 7 nitrogen and oxygen atoms in total. The minimum absolute atomic E-state index is 0.213. The first-order chi connectivity index (χ1) is 16.2. The fourth-order valence-corrected chi connectivity index (χ4v) is 4.67. The van der Waals surface area contributed by atoms with Gasteiger partial charge in [0.1, 0.15) is 17.2 Å². The summed E-state index contributed by atoms with van der Waals surface area (Å²) in [6, 6.07) is 23.2. The van der Waals surface area contributed by atoms with Gasteiger partial charge in [-0.05, 0) is 29.8 Å². The first-order valence-electron chi connectivity index (χ1n) is 10.4. The molecular weight excluding hydrogens is 436 g/mol. The van der Waals surface area contributed by atoms with Crippen LogP contribution in [0.15, 0.2) is 82.9 Å². The van der Waals surface area contributed by atoms with Crippen molar-refractivity contribution >= 4 is 28.5 Å². The van der Waals surface area contributed by atoms with E-state index in [1.807, 2.05) is 72.8 Å². The van der Waals surface area contributed by atoms with Crippen LogP contribution in [0, 0.1) is 0 Å². The number of para-hydroxylation sites is 1. The molecule has 0 spiro atoms. The minimum Gasteiger partial charge on any atom is -0.497 e. The topological polar surface area (TPSA) is 75.5 Å². The largest absolute Gasteiger partial charge is 0.497 e. The lowest BCUT2D eigenvalue weighted by molar-refractivity contribution is -0.116. The zero-order valence-corrected chi connectivity index (χ0v) is 19.0. The molecule has 2 aliphatic rings. The number of ether oxygens (including phenoxy) is 2. The van der Waals surface area contributed by atoms with E-state index in [0.717, 1.165) is 21.7 Å². The number of nitrogens with one attached hydrogen (secondary N) is 1. The number of fused-ring (bicyclic) bond motifs is 2. The maximum atomic E-state index is 13.3. The van der Waals surface area contributed by atoms with Gasteiger partial charge in [-0.1, -0.05) is 60.3 Å². The monoisotopic (exact) mass is 458 g/mol. The summed E-state index contributed by atoms with van der Waals surface area (Å²) >= 11 is 1.47. The van der Waals surface area contributed by atoms with Crippen LogP contribution in [0.1, 0.15) is 17.3 Å². The number of carbonyl (C=O) groups excluding carboxylic acids is 1. The van der Waals surface area contributed by atoms with Crippen LogP contribution in [0.2, 0.25) is 0 Å². The van der Waals surface area contributed by atoms with Crippen LogP contribution in [0.4, 0.5) is 0 Å². The number of amidine groups is 1. The van der Waals surface area contributed by atoms with Gasteiger partial charge in [0.05, 0.1) is 19.6 Å². The molecular formula is C25H22N4O3S. The summed E-state index contributed by atoms with van der Waals surface area (Å²) in [5.74, 6) is 1.78. The van der Waals surface area contributed by atoms with Crippen molar-refractivity contribution < 1.29 is 14.3 Å². The summed E-state index contributed by atoms with van der Waals surface area (Å²) in [5.41, 5.74) is 2.36. The Kier molecular flexibility index (Phi) is 5.75. The highest BCUT2D eigenvalue weighted by Crippen LogP contribution is 2.37. The van der Waals surface area contributed by atoms with E-state index in [1.54, 1.807) is 19.2 Å². The van der Waals surface area contributed by atoms with Crippen molar-refractivity contribution in [3.05, 3.63) is 94.5 Å². The van der Waals surface area contributed by atoms with Gasteiger partial charge in [-0.3, -0.25) is 15.1 Å². The SMILES string of the molecule is COc1ccc(OC)c(C2N=c3ccccc3=C3C(=O)NC(SCc4ccccc4)=NN32)c1. The van der Waals surface area contributed by atoms with E-state index in [9.17, 15) is 4.79 Å². The van der Waals surface area contributed by atoms with Crippen molar-refractivity contribution in [2.75, 3.05) is 14.2 Å². The Labute approximate surface area is 195 Å². The lowest BCUT2D eigenvalue weighted by atomic mass is 10.1. The van der Waals surface area contributed by atoms with Crippen LogP contribution in [0.5, 0.6) is 11.5 Å². The molecule has 0 aliphatic carbocycles. The third-order valence-corrected chi connectivity index (χ3v) is 6.38. The molecule has 166 valence electrons. The molecule has 5 rings (SSSR count). The number of benzene rings is 3. The molecule has 0 bridgehead atoms. The van der Waals surface area contributed by atoms with Gasteiger partial charge in [-0.25, -0.2) is 5.01 Å². The number of hydrogen-bond acceptors (Lipinski definition) is 7. The second-order valence-electron chi connectivity index (χ2n) is 7.45. The van der Waals surface area contributed by atoms with Crippen LogP contribution in [0.3, 0.4) is 0 Å². The Balaban J connectivity index is 1.62. The number of thioether (sulfide) groups is 1. The van der Waals surface area contributed by atoms with E-state index in [1.165, 1.54) is 11.8 Å². The lowest BCUT2D eigenvalue weighted by Crippen LogP contribution is -2.50. The van der Waals surface area contributed by atoms with E-state index >= 15 is 0 Å². The molecule has 1 atom stereocenters. The first-order valence-corrected chi connectivity index (χ1v) is 11.4. The predicted octanol–water partition coefficient (Wildman–Crippen LogP) is 2.78. The summed E-state index contributed by atoms with van der Waals surface area (Å²) in [7, 11) is 3.22. The van der Waals surface area contributed by atoms with E-state index in [2.05, 4.69) is 5.32 Å². The number of hydrogen-bond donors (Lipinski definition) is 1. The van der Waals surface area contributed by atoms with Gasteiger partial charge in [0, 0.05) is 16.5 Å². The van der Waals surface area contributed by atoms with Gasteiger partial charge in [0.25, 0.3) is 5.91 Å². The summed E-state index contributed by atoms with van der Waals surface area (Å²) in [6.07, 6.45) is -0.585. The highest BCUT2D eigenvalue weighted by molar-refractivity contribution is 8.13. The fraction of sp³-hybridized carbons (Fsp3) is 0.160. The average Bonchev–Trinajstić information content (AvgIpc) is 2.87. The summed E-state index contributed by atoms with van der Waals surface area (Å²) in [4.78, 5) is 18.2. The van der Waals surface area contributed by atoms with Crippen molar-refractivity contribution in [1.82, 2.24) is 10.3 Å². The van der Waals surface area contributed by atoms with E-state index in [0.29, 0.717) is 28.1 Å². The Morgan fingerprint density at radius 1 is 1.00 bits per heavy atom. The summed E-state index contributed by atoms with van der Waals surface area (Å²) in [6.45, 7) is 0. The number of methoxy groups -OCH3 is 2. The molecule has 0 radical (unpaired) electrons. The van der Waals surface area contributed by atoms with E-state index < -0.39 is 6.17 Å². The molecule has 0 fully saturated rings. The Morgan fingerprint density at radius 3 is 2.58 bits per heavy atom. The fourth-order valence-electron chi connectivity index (χ4n) is 3.86. The van der Waals surface area contributed by atoms with Gasteiger partial charge >= 0.3 is 0 Å². The van der Waals surface area contributed by atoms with Crippen LogP contribution >= 0.6 is 11.8 Å². The summed E-state index contributed by atoms with van der Waals surface area (Å²) in [5, 5.41) is 11.4. The van der Waals surface area contributed by atoms with Crippen molar-refractivity contribution in [2.24, 2.45) is 10.1 Å².